The van der Waals surface area contributed by atoms with E-state index in [1.54, 1.807) is 0 Å². The second-order valence-electron chi connectivity index (χ2n) is 5.08. The first-order valence-electron chi connectivity index (χ1n) is 7.13. The van der Waals surface area contributed by atoms with E-state index >= 15 is 0 Å². The summed E-state index contributed by atoms with van der Waals surface area (Å²) in [4.78, 5) is 4.86. The van der Waals surface area contributed by atoms with Crippen molar-refractivity contribution in [3.05, 3.63) is 60.4 Å². The van der Waals surface area contributed by atoms with E-state index in [4.69, 9.17) is 4.74 Å². The maximum atomic E-state index is 5.46. The molecule has 0 N–H and O–H groups in total. The Morgan fingerprint density at radius 2 is 1.90 bits per heavy atom. The lowest BCUT2D eigenvalue weighted by molar-refractivity contribution is 0.225. The maximum absolute atomic E-state index is 5.46. The molecule has 0 saturated carbocycles. The van der Waals surface area contributed by atoms with Crippen LogP contribution in [0.15, 0.2) is 64.6 Å². The van der Waals surface area contributed by atoms with Crippen LogP contribution in [0.3, 0.4) is 0 Å². The fourth-order valence-corrected chi connectivity index (χ4v) is 3.70. The van der Waals surface area contributed by atoms with E-state index in [0.29, 0.717) is 6.61 Å². The van der Waals surface area contributed by atoms with Gasteiger partial charge < -0.3 is 9.64 Å². The average Bonchev–Trinajstić information content (AvgIpc) is 2.48. The first kappa shape index (κ1) is 14.1. The molecular formula is C18H19NOS. The van der Waals surface area contributed by atoms with E-state index < -0.39 is 0 Å². The summed E-state index contributed by atoms with van der Waals surface area (Å²) < 4.78 is 5.46. The van der Waals surface area contributed by atoms with Crippen LogP contribution in [0.2, 0.25) is 0 Å². The van der Waals surface area contributed by atoms with Crippen molar-refractivity contribution in [2.45, 2.75) is 23.1 Å². The molecule has 0 radical (unpaired) electrons. The van der Waals surface area contributed by atoms with Crippen molar-refractivity contribution in [1.29, 1.82) is 0 Å². The van der Waals surface area contributed by atoms with Gasteiger partial charge in [0.05, 0.1) is 23.7 Å². The summed E-state index contributed by atoms with van der Waals surface area (Å²) in [6.07, 6.45) is 0.765. The summed E-state index contributed by atoms with van der Waals surface area (Å²) in [5, 5.41) is 0. The number of rotatable bonds is 4. The molecule has 108 valence electrons. The Bertz CT molecular complexity index is 681. The molecule has 2 nitrogen and oxygen atoms in total. The fourth-order valence-electron chi connectivity index (χ4n) is 2.57. The molecule has 3 rings (SSSR count). The highest BCUT2D eigenvalue weighted by molar-refractivity contribution is 7.99. The Balaban J connectivity index is 1.90. The molecule has 0 amide bonds. The zero-order valence-electron chi connectivity index (χ0n) is 12.4. The second-order valence-corrected chi connectivity index (χ2v) is 6.16. The molecule has 0 atom stereocenters. The Kier molecular flexibility index (Phi) is 3.93. The van der Waals surface area contributed by atoms with Gasteiger partial charge in [0.25, 0.3) is 0 Å². The maximum Gasteiger partial charge on any atom is 0.0931 e. The lowest BCUT2D eigenvalue weighted by Crippen LogP contribution is -2.14. The molecule has 0 unspecified atom stereocenters. The third-order valence-electron chi connectivity index (χ3n) is 3.58. The van der Waals surface area contributed by atoms with Gasteiger partial charge in [-0.3, -0.25) is 0 Å². The first-order chi connectivity index (χ1) is 10.2. The number of nitrogens with zero attached hydrogens (tertiary/aromatic N) is 1. The van der Waals surface area contributed by atoms with Crippen molar-refractivity contribution in [1.82, 2.24) is 0 Å². The van der Waals surface area contributed by atoms with Gasteiger partial charge in [-0.2, -0.15) is 0 Å². The van der Waals surface area contributed by atoms with E-state index in [1.165, 1.54) is 26.7 Å². The SMILES string of the molecule is C=C(Cc1ccc2c(c1)N(C)c1ccccc1S2)OCC. The Morgan fingerprint density at radius 3 is 2.71 bits per heavy atom. The Hall–Kier alpha value is -1.87. The lowest BCUT2D eigenvalue weighted by Gasteiger charge is -2.29. The Morgan fingerprint density at radius 1 is 1.14 bits per heavy atom. The number of ether oxygens (including phenoxy) is 1. The second kappa shape index (κ2) is 5.86. The van der Waals surface area contributed by atoms with Crippen LogP contribution in [-0.4, -0.2) is 13.7 Å². The highest BCUT2D eigenvalue weighted by atomic mass is 32.2. The summed E-state index contributed by atoms with van der Waals surface area (Å²) >= 11 is 1.83. The van der Waals surface area contributed by atoms with Crippen LogP contribution >= 0.6 is 11.8 Å². The zero-order valence-corrected chi connectivity index (χ0v) is 13.2. The van der Waals surface area contributed by atoms with E-state index in [9.17, 15) is 0 Å². The average molecular weight is 297 g/mol. The molecule has 3 heteroatoms. The standard InChI is InChI=1S/C18H19NOS/c1-4-20-13(2)11-14-9-10-18-16(12-14)19(3)15-7-5-6-8-17(15)21-18/h5-10,12H,2,4,11H2,1,3H3. The summed E-state index contributed by atoms with van der Waals surface area (Å²) in [5.41, 5.74) is 3.75. The van der Waals surface area contributed by atoms with Gasteiger partial charge in [-0.1, -0.05) is 36.5 Å². The van der Waals surface area contributed by atoms with Crippen molar-refractivity contribution >= 4 is 23.1 Å². The number of para-hydroxylation sites is 1. The summed E-state index contributed by atoms with van der Waals surface area (Å²) in [5.74, 6) is 0.823. The monoisotopic (exact) mass is 297 g/mol. The first-order valence-corrected chi connectivity index (χ1v) is 7.95. The molecule has 1 aliphatic heterocycles. The number of fused-ring (bicyclic) bond motifs is 2. The third kappa shape index (κ3) is 2.79. The third-order valence-corrected chi connectivity index (χ3v) is 4.71. The van der Waals surface area contributed by atoms with E-state index in [2.05, 4.69) is 61.0 Å². The number of hydrogen-bond donors (Lipinski definition) is 0. The van der Waals surface area contributed by atoms with E-state index in [0.717, 1.165) is 12.2 Å². The highest BCUT2D eigenvalue weighted by Gasteiger charge is 2.20. The van der Waals surface area contributed by atoms with Crippen molar-refractivity contribution in [3.63, 3.8) is 0 Å². The number of allylic oxidation sites excluding steroid dienone is 1. The summed E-state index contributed by atoms with van der Waals surface area (Å²) in [6.45, 7) is 6.62. The van der Waals surface area contributed by atoms with Gasteiger partial charge >= 0.3 is 0 Å². The van der Waals surface area contributed by atoms with Crippen molar-refractivity contribution in [2.75, 3.05) is 18.6 Å². The van der Waals surface area contributed by atoms with E-state index in [1.807, 2.05) is 18.7 Å². The molecule has 0 aromatic heterocycles. The van der Waals surface area contributed by atoms with Crippen LogP contribution in [0, 0.1) is 0 Å². The molecule has 2 aromatic carbocycles. The van der Waals surface area contributed by atoms with Gasteiger partial charge in [0.2, 0.25) is 0 Å². The predicted molar refractivity (Wildman–Crippen MR) is 89.5 cm³/mol. The van der Waals surface area contributed by atoms with Crippen LogP contribution in [0.4, 0.5) is 11.4 Å². The highest BCUT2D eigenvalue weighted by Crippen LogP contribution is 2.47. The van der Waals surface area contributed by atoms with Gasteiger partial charge in [0.15, 0.2) is 0 Å². The minimum atomic E-state index is 0.674. The smallest absolute Gasteiger partial charge is 0.0931 e. The molecule has 2 aromatic rings. The van der Waals surface area contributed by atoms with Crippen LogP contribution in [0.25, 0.3) is 0 Å². The molecule has 1 aliphatic rings. The normalized spacial score (nSPS) is 12.6. The van der Waals surface area contributed by atoms with Crippen LogP contribution in [-0.2, 0) is 11.2 Å². The molecule has 21 heavy (non-hydrogen) atoms. The van der Waals surface area contributed by atoms with Crippen molar-refractivity contribution in [3.8, 4) is 0 Å². The quantitative estimate of drug-likeness (QED) is 0.736. The van der Waals surface area contributed by atoms with Gasteiger partial charge in [0, 0.05) is 23.3 Å². The molecule has 0 bridgehead atoms. The number of hydrogen-bond acceptors (Lipinski definition) is 3. The van der Waals surface area contributed by atoms with E-state index in [-0.39, 0.29) is 0 Å². The largest absolute Gasteiger partial charge is 0.498 e. The topological polar surface area (TPSA) is 12.5 Å². The van der Waals surface area contributed by atoms with Gasteiger partial charge in [-0.15, -0.1) is 0 Å². The molecule has 0 spiro atoms. The molecule has 0 fully saturated rings. The van der Waals surface area contributed by atoms with Gasteiger partial charge in [-0.25, -0.2) is 0 Å². The van der Waals surface area contributed by atoms with Crippen molar-refractivity contribution in [2.24, 2.45) is 0 Å². The molecule has 0 aliphatic carbocycles. The Labute approximate surface area is 130 Å². The minimum Gasteiger partial charge on any atom is -0.498 e. The van der Waals surface area contributed by atoms with Gasteiger partial charge in [0.1, 0.15) is 0 Å². The zero-order chi connectivity index (χ0) is 14.8. The van der Waals surface area contributed by atoms with Crippen LogP contribution < -0.4 is 4.90 Å². The van der Waals surface area contributed by atoms with Crippen LogP contribution in [0.5, 0.6) is 0 Å². The van der Waals surface area contributed by atoms with Gasteiger partial charge in [-0.05, 0) is 36.8 Å². The summed E-state index contributed by atoms with van der Waals surface area (Å²) in [7, 11) is 2.12. The van der Waals surface area contributed by atoms with Crippen molar-refractivity contribution < 1.29 is 4.74 Å². The lowest BCUT2D eigenvalue weighted by atomic mass is 10.1. The summed E-state index contributed by atoms with van der Waals surface area (Å²) in [6, 6.07) is 15.1. The molecule has 1 heterocycles. The fraction of sp³-hybridized carbons (Fsp3) is 0.222. The predicted octanol–water partition coefficient (Wildman–Crippen LogP) is 5.01. The minimum absolute atomic E-state index is 0.674. The molecule has 0 saturated heterocycles. The molecular weight excluding hydrogens is 278 g/mol. The number of benzene rings is 2. The number of anilines is 2. The van der Waals surface area contributed by atoms with Crippen LogP contribution in [0.1, 0.15) is 12.5 Å².